The molecule has 1 heterocycles. The predicted molar refractivity (Wildman–Crippen MR) is 81.2 cm³/mol. The highest BCUT2D eigenvalue weighted by Gasteiger charge is 2.57. The van der Waals surface area contributed by atoms with Crippen LogP contribution in [0.4, 0.5) is 0 Å². The van der Waals surface area contributed by atoms with E-state index >= 15 is 0 Å². The molecule has 0 aromatic rings. The van der Waals surface area contributed by atoms with E-state index in [1.165, 1.54) is 32.9 Å². The summed E-state index contributed by atoms with van der Waals surface area (Å²) in [6.07, 6.45) is 5.80. The number of carbonyl (C=O) groups is 1. The smallest absolute Gasteiger partial charge is 0.303 e. The zero-order chi connectivity index (χ0) is 15.0. The van der Waals surface area contributed by atoms with Crippen molar-refractivity contribution in [3.05, 3.63) is 12.7 Å². The van der Waals surface area contributed by atoms with E-state index in [0.717, 1.165) is 17.4 Å². The SMILES string of the molecule is C=CC[N+]1(C2CC(C)C(C)(C)C2OC(C)=O)CCCC1. The van der Waals surface area contributed by atoms with Gasteiger partial charge in [-0.1, -0.05) is 27.4 Å². The monoisotopic (exact) mass is 280 g/mol. The molecule has 0 radical (unpaired) electrons. The third-order valence-corrected chi connectivity index (χ3v) is 5.89. The van der Waals surface area contributed by atoms with E-state index in [2.05, 4.69) is 27.4 Å². The van der Waals surface area contributed by atoms with E-state index in [1.54, 1.807) is 0 Å². The van der Waals surface area contributed by atoms with Crippen LogP contribution < -0.4 is 0 Å². The first-order valence-corrected chi connectivity index (χ1v) is 7.97. The van der Waals surface area contributed by atoms with Crippen molar-refractivity contribution in [3.8, 4) is 0 Å². The minimum atomic E-state index is -0.141. The zero-order valence-corrected chi connectivity index (χ0v) is 13.5. The summed E-state index contributed by atoms with van der Waals surface area (Å²) >= 11 is 0. The Bertz CT molecular complexity index is 382. The van der Waals surface area contributed by atoms with Crippen LogP contribution in [0.2, 0.25) is 0 Å². The van der Waals surface area contributed by atoms with Crippen LogP contribution in [0.15, 0.2) is 12.7 Å². The van der Waals surface area contributed by atoms with Gasteiger partial charge in [0.2, 0.25) is 0 Å². The Hall–Kier alpha value is -0.830. The molecular weight excluding hydrogens is 250 g/mol. The van der Waals surface area contributed by atoms with Crippen molar-refractivity contribution in [3.63, 3.8) is 0 Å². The molecule has 3 unspecified atom stereocenters. The number of ether oxygens (including phenoxy) is 1. The average molecular weight is 280 g/mol. The molecule has 0 spiro atoms. The number of esters is 1. The van der Waals surface area contributed by atoms with Crippen molar-refractivity contribution in [2.45, 2.75) is 59.1 Å². The largest absolute Gasteiger partial charge is 0.456 e. The Balaban J connectivity index is 2.32. The van der Waals surface area contributed by atoms with Crippen LogP contribution in [-0.4, -0.2) is 42.2 Å². The summed E-state index contributed by atoms with van der Waals surface area (Å²) in [7, 11) is 0. The minimum absolute atomic E-state index is 0.0352. The van der Waals surface area contributed by atoms with Crippen LogP contribution in [0, 0.1) is 11.3 Å². The average Bonchev–Trinajstić information content (AvgIpc) is 2.89. The second-order valence-electron chi connectivity index (χ2n) is 7.40. The molecule has 0 aromatic carbocycles. The molecule has 1 aliphatic carbocycles. The molecule has 1 aliphatic heterocycles. The Morgan fingerprint density at radius 2 is 2.00 bits per heavy atom. The van der Waals surface area contributed by atoms with Gasteiger partial charge in [0, 0.05) is 31.6 Å². The van der Waals surface area contributed by atoms with E-state index in [1.807, 2.05) is 6.08 Å². The summed E-state index contributed by atoms with van der Waals surface area (Å²) < 4.78 is 6.88. The molecule has 0 aromatic heterocycles. The molecule has 3 atom stereocenters. The lowest BCUT2D eigenvalue weighted by Crippen LogP contribution is -2.58. The predicted octanol–water partition coefficient (Wildman–Crippen LogP) is 3.15. The lowest BCUT2D eigenvalue weighted by molar-refractivity contribution is -0.937. The van der Waals surface area contributed by atoms with Gasteiger partial charge in [0.25, 0.3) is 0 Å². The van der Waals surface area contributed by atoms with Gasteiger partial charge < -0.3 is 9.22 Å². The Kier molecular flexibility index (Phi) is 4.29. The summed E-state index contributed by atoms with van der Waals surface area (Å²) in [5.74, 6) is 0.440. The summed E-state index contributed by atoms with van der Waals surface area (Å²) in [5, 5.41) is 0. The van der Waals surface area contributed by atoms with E-state index in [4.69, 9.17) is 4.74 Å². The number of rotatable bonds is 4. The Labute approximate surface area is 123 Å². The van der Waals surface area contributed by atoms with Gasteiger partial charge in [0.1, 0.15) is 6.04 Å². The van der Waals surface area contributed by atoms with Gasteiger partial charge in [0.15, 0.2) is 6.10 Å². The van der Waals surface area contributed by atoms with E-state index < -0.39 is 0 Å². The maximum atomic E-state index is 11.6. The van der Waals surface area contributed by atoms with Crippen molar-refractivity contribution < 1.29 is 14.0 Å². The third-order valence-electron chi connectivity index (χ3n) is 5.89. The van der Waals surface area contributed by atoms with Crippen molar-refractivity contribution in [1.29, 1.82) is 0 Å². The molecule has 0 bridgehead atoms. The van der Waals surface area contributed by atoms with Crippen molar-refractivity contribution in [2.24, 2.45) is 11.3 Å². The first kappa shape index (κ1) is 15.6. The minimum Gasteiger partial charge on any atom is -0.456 e. The Morgan fingerprint density at radius 1 is 1.40 bits per heavy atom. The highest BCUT2D eigenvalue weighted by molar-refractivity contribution is 5.66. The first-order chi connectivity index (χ1) is 9.33. The van der Waals surface area contributed by atoms with Crippen molar-refractivity contribution in [1.82, 2.24) is 0 Å². The number of nitrogens with zero attached hydrogens (tertiary/aromatic N) is 1. The van der Waals surface area contributed by atoms with Gasteiger partial charge in [-0.05, 0) is 12.0 Å². The number of hydrogen-bond acceptors (Lipinski definition) is 2. The summed E-state index contributed by atoms with van der Waals surface area (Å²) in [6.45, 7) is 15.7. The maximum Gasteiger partial charge on any atom is 0.303 e. The summed E-state index contributed by atoms with van der Waals surface area (Å²) in [4.78, 5) is 11.6. The van der Waals surface area contributed by atoms with Crippen LogP contribution in [0.25, 0.3) is 0 Å². The van der Waals surface area contributed by atoms with Gasteiger partial charge >= 0.3 is 5.97 Å². The van der Waals surface area contributed by atoms with Crippen LogP contribution in [0.3, 0.4) is 0 Å². The molecule has 2 aliphatic rings. The molecule has 0 N–H and O–H groups in total. The molecule has 1 saturated carbocycles. The van der Waals surface area contributed by atoms with E-state index in [-0.39, 0.29) is 17.5 Å². The van der Waals surface area contributed by atoms with Gasteiger partial charge in [-0.2, -0.15) is 0 Å². The van der Waals surface area contributed by atoms with Crippen LogP contribution in [0.1, 0.15) is 47.0 Å². The van der Waals surface area contributed by atoms with E-state index in [0.29, 0.717) is 12.0 Å². The van der Waals surface area contributed by atoms with Gasteiger partial charge in [-0.3, -0.25) is 4.79 Å². The van der Waals surface area contributed by atoms with Gasteiger partial charge in [0.05, 0.1) is 19.6 Å². The quantitative estimate of drug-likeness (QED) is 0.449. The molecule has 3 heteroatoms. The lowest BCUT2D eigenvalue weighted by atomic mass is 9.81. The molecule has 20 heavy (non-hydrogen) atoms. The molecule has 2 fully saturated rings. The standard InChI is InChI=1S/C17H30NO2/c1-6-9-18(10-7-8-11-18)15-12-13(2)17(4,5)16(15)20-14(3)19/h6,13,15-16H,1,7-12H2,2-5H3/q+1. The number of likely N-dealkylation sites (tertiary alicyclic amines) is 1. The second kappa shape index (κ2) is 5.51. The van der Waals surface area contributed by atoms with Gasteiger partial charge in [-0.15, -0.1) is 0 Å². The highest BCUT2D eigenvalue weighted by atomic mass is 16.5. The highest BCUT2D eigenvalue weighted by Crippen LogP contribution is 2.49. The molecule has 114 valence electrons. The number of hydrogen-bond donors (Lipinski definition) is 0. The molecule has 2 rings (SSSR count). The van der Waals surface area contributed by atoms with Crippen molar-refractivity contribution >= 4 is 5.97 Å². The molecule has 1 saturated heterocycles. The maximum absolute atomic E-state index is 11.6. The summed E-state index contributed by atoms with van der Waals surface area (Å²) in [6, 6.07) is 0.435. The zero-order valence-electron chi connectivity index (χ0n) is 13.5. The lowest BCUT2D eigenvalue weighted by Gasteiger charge is -2.43. The molecule has 0 amide bonds. The second-order valence-corrected chi connectivity index (χ2v) is 7.40. The van der Waals surface area contributed by atoms with Crippen LogP contribution >= 0.6 is 0 Å². The fourth-order valence-corrected chi connectivity index (χ4v) is 4.36. The third kappa shape index (κ3) is 2.52. The Morgan fingerprint density at radius 3 is 2.50 bits per heavy atom. The normalized spacial score (nSPS) is 34.9. The number of carbonyl (C=O) groups excluding carboxylic acids is 1. The molecule has 3 nitrogen and oxygen atoms in total. The van der Waals surface area contributed by atoms with Crippen LogP contribution in [0.5, 0.6) is 0 Å². The number of quaternary nitrogens is 1. The molecular formula is C17H30NO2+. The fraction of sp³-hybridized carbons (Fsp3) is 0.824. The van der Waals surface area contributed by atoms with Gasteiger partial charge in [-0.25, -0.2) is 0 Å². The van der Waals surface area contributed by atoms with E-state index in [9.17, 15) is 4.79 Å². The van der Waals surface area contributed by atoms with Crippen molar-refractivity contribution in [2.75, 3.05) is 19.6 Å². The fourth-order valence-electron chi connectivity index (χ4n) is 4.36. The van der Waals surface area contributed by atoms with Crippen LogP contribution in [-0.2, 0) is 9.53 Å². The first-order valence-electron chi connectivity index (χ1n) is 7.97. The topological polar surface area (TPSA) is 26.3 Å². The summed E-state index contributed by atoms with van der Waals surface area (Å²) in [5.41, 5.74) is 0.0609.